The first-order valence-electron chi connectivity index (χ1n) is 5.98. The topological polar surface area (TPSA) is 46.2 Å². The molecule has 0 saturated heterocycles. The van der Waals surface area contributed by atoms with E-state index in [2.05, 4.69) is 34.5 Å². The second-order valence-corrected chi connectivity index (χ2v) is 6.82. The highest BCUT2D eigenvalue weighted by atomic mass is 79.9. The van der Waals surface area contributed by atoms with Crippen molar-refractivity contribution in [2.24, 2.45) is 5.41 Å². The van der Waals surface area contributed by atoms with E-state index in [0.717, 1.165) is 31.0 Å². The van der Waals surface area contributed by atoms with Crippen LogP contribution in [0.2, 0.25) is 0 Å². The molecule has 0 fully saturated rings. The lowest BCUT2D eigenvalue weighted by Gasteiger charge is -2.29. The van der Waals surface area contributed by atoms with Gasteiger partial charge in [0.05, 0.1) is 5.75 Å². The SMILES string of the molecule is CCCCS(=O)(=O)NCC(CC)(CC)CBr. The van der Waals surface area contributed by atoms with E-state index in [0.29, 0.717) is 6.54 Å². The molecule has 0 radical (unpaired) electrons. The fourth-order valence-electron chi connectivity index (χ4n) is 1.41. The van der Waals surface area contributed by atoms with E-state index < -0.39 is 10.0 Å². The summed E-state index contributed by atoms with van der Waals surface area (Å²) >= 11 is 3.48. The molecule has 1 N–H and O–H groups in total. The van der Waals surface area contributed by atoms with Crippen molar-refractivity contribution in [1.29, 1.82) is 0 Å². The molecule has 0 aromatic heterocycles. The van der Waals surface area contributed by atoms with E-state index in [9.17, 15) is 8.42 Å². The van der Waals surface area contributed by atoms with Crippen molar-refractivity contribution in [3.05, 3.63) is 0 Å². The van der Waals surface area contributed by atoms with Crippen LogP contribution in [0.15, 0.2) is 0 Å². The molecule has 0 aliphatic heterocycles. The second kappa shape index (κ2) is 7.67. The van der Waals surface area contributed by atoms with Gasteiger partial charge in [0.15, 0.2) is 0 Å². The number of rotatable bonds is 9. The standard InChI is InChI=1S/C11H24BrNO2S/c1-4-7-8-16(14,15)13-10-11(5-2,6-3)9-12/h13H,4-10H2,1-3H3. The van der Waals surface area contributed by atoms with Gasteiger partial charge in [-0.05, 0) is 24.7 Å². The normalized spacial score (nSPS) is 13.0. The zero-order valence-electron chi connectivity index (χ0n) is 10.6. The number of hydrogen-bond acceptors (Lipinski definition) is 2. The van der Waals surface area contributed by atoms with E-state index >= 15 is 0 Å². The van der Waals surface area contributed by atoms with Crippen LogP contribution < -0.4 is 4.72 Å². The van der Waals surface area contributed by atoms with Crippen molar-refractivity contribution in [3.63, 3.8) is 0 Å². The summed E-state index contributed by atoms with van der Waals surface area (Å²) in [7, 11) is -3.08. The molecule has 0 saturated carbocycles. The molecule has 0 aromatic carbocycles. The van der Waals surface area contributed by atoms with Crippen molar-refractivity contribution in [2.75, 3.05) is 17.6 Å². The number of sulfonamides is 1. The summed E-state index contributed by atoms with van der Waals surface area (Å²) in [5.41, 5.74) is 0.0548. The maximum absolute atomic E-state index is 11.7. The van der Waals surface area contributed by atoms with Crippen LogP contribution in [0.5, 0.6) is 0 Å². The highest BCUT2D eigenvalue weighted by Crippen LogP contribution is 2.27. The van der Waals surface area contributed by atoms with Crippen LogP contribution in [-0.2, 0) is 10.0 Å². The van der Waals surface area contributed by atoms with E-state index in [1.165, 1.54) is 0 Å². The smallest absolute Gasteiger partial charge is 0.211 e. The van der Waals surface area contributed by atoms with Crippen molar-refractivity contribution < 1.29 is 8.42 Å². The van der Waals surface area contributed by atoms with Gasteiger partial charge in [-0.25, -0.2) is 13.1 Å². The maximum Gasteiger partial charge on any atom is 0.211 e. The van der Waals surface area contributed by atoms with Gasteiger partial charge in [0, 0.05) is 11.9 Å². The summed E-state index contributed by atoms with van der Waals surface area (Å²) in [6, 6.07) is 0. The van der Waals surface area contributed by atoms with Crippen molar-refractivity contribution in [2.45, 2.75) is 46.5 Å². The minimum absolute atomic E-state index is 0.0548. The average molecular weight is 314 g/mol. The molecule has 98 valence electrons. The highest BCUT2D eigenvalue weighted by Gasteiger charge is 2.26. The number of halogens is 1. The maximum atomic E-state index is 11.7. The molecule has 16 heavy (non-hydrogen) atoms. The molecule has 5 heteroatoms. The minimum Gasteiger partial charge on any atom is -0.215 e. The van der Waals surface area contributed by atoms with Crippen LogP contribution >= 0.6 is 15.9 Å². The predicted octanol–water partition coefficient (Wildman–Crippen LogP) is 2.91. The molecular weight excluding hydrogens is 290 g/mol. The molecular formula is C11H24BrNO2S. The van der Waals surface area contributed by atoms with Gasteiger partial charge in [0.2, 0.25) is 10.0 Å². The van der Waals surface area contributed by atoms with Crippen LogP contribution in [0.25, 0.3) is 0 Å². The Morgan fingerprint density at radius 1 is 1.19 bits per heavy atom. The lowest BCUT2D eigenvalue weighted by molar-refractivity contribution is 0.309. The molecule has 0 unspecified atom stereocenters. The van der Waals surface area contributed by atoms with Gasteiger partial charge in [-0.3, -0.25) is 0 Å². The van der Waals surface area contributed by atoms with Crippen LogP contribution in [0.1, 0.15) is 46.5 Å². The van der Waals surface area contributed by atoms with Gasteiger partial charge < -0.3 is 0 Å². The highest BCUT2D eigenvalue weighted by molar-refractivity contribution is 9.09. The minimum atomic E-state index is -3.08. The van der Waals surface area contributed by atoms with Gasteiger partial charge in [-0.2, -0.15) is 0 Å². The number of nitrogens with one attached hydrogen (secondary N) is 1. The summed E-state index contributed by atoms with van der Waals surface area (Å²) in [5.74, 6) is 0.245. The van der Waals surface area contributed by atoms with E-state index in [4.69, 9.17) is 0 Å². The number of hydrogen-bond donors (Lipinski definition) is 1. The Hall–Kier alpha value is 0.390. The van der Waals surface area contributed by atoms with Gasteiger partial charge in [-0.1, -0.05) is 43.1 Å². The van der Waals surface area contributed by atoms with Gasteiger partial charge in [0.1, 0.15) is 0 Å². The van der Waals surface area contributed by atoms with Crippen LogP contribution in [-0.4, -0.2) is 26.0 Å². The Bertz CT molecular complexity index is 265. The molecule has 0 aliphatic rings. The van der Waals surface area contributed by atoms with Gasteiger partial charge in [0.25, 0.3) is 0 Å². The predicted molar refractivity (Wildman–Crippen MR) is 73.5 cm³/mol. The monoisotopic (exact) mass is 313 g/mol. The number of unbranched alkanes of at least 4 members (excludes halogenated alkanes) is 1. The van der Waals surface area contributed by atoms with Crippen LogP contribution in [0.4, 0.5) is 0 Å². The molecule has 0 atom stereocenters. The Morgan fingerprint density at radius 2 is 1.75 bits per heavy atom. The van der Waals surface area contributed by atoms with Gasteiger partial charge in [-0.15, -0.1) is 0 Å². The Labute approximate surface area is 109 Å². The third kappa shape index (κ3) is 5.64. The lowest BCUT2D eigenvalue weighted by Crippen LogP contribution is -2.39. The van der Waals surface area contributed by atoms with Crippen molar-refractivity contribution in [3.8, 4) is 0 Å². The van der Waals surface area contributed by atoms with E-state index in [1.54, 1.807) is 0 Å². The Morgan fingerprint density at radius 3 is 2.12 bits per heavy atom. The third-order valence-electron chi connectivity index (χ3n) is 3.22. The lowest BCUT2D eigenvalue weighted by atomic mass is 9.85. The summed E-state index contributed by atoms with van der Waals surface area (Å²) in [5, 5.41) is 0.837. The van der Waals surface area contributed by atoms with Gasteiger partial charge >= 0.3 is 0 Å². The molecule has 0 rings (SSSR count). The first kappa shape index (κ1) is 16.4. The van der Waals surface area contributed by atoms with Crippen molar-refractivity contribution in [1.82, 2.24) is 4.72 Å². The van der Waals surface area contributed by atoms with Crippen LogP contribution in [0.3, 0.4) is 0 Å². The van der Waals surface area contributed by atoms with E-state index in [-0.39, 0.29) is 11.2 Å². The molecule has 0 spiro atoms. The zero-order valence-corrected chi connectivity index (χ0v) is 13.0. The zero-order chi connectivity index (χ0) is 12.7. The first-order valence-corrected chi connectivity index (χ1v) is 8.76. The summed E-state index contributed by atoms with van der Waals surface area (Å²) in [6.07, 6.45) is 3.59. The number of alkyl halides is 1. The Kier molecular flexibility index (Phi) is 7.85. The summed E-state index contributed by atoms with van der Waals surface area (Å²) < 4.78 is 26.0. The quantitative estimate of drug-likeness (QED) is 0.665. The van der Waals surface area contributed by atoms with Crippen LogP contribution in [0, 0.1) is 5.41 Å². The molecule has 0 bridgehead atoms. The largest absolute Gasteiger partial charge is 0.215 e. The summed E-state index contributed by atoms with van der Waals surface area (Å²) in [4.78, 5) is 0. The molecule has 0 aliphatic carbocycles. The molecule has 0 heterocycles. The fraction of sp³-hybridized carbons (Fsp3) is 1.00. The molecule has 0 amide bonds. The Balaban J connectivity index is 4.30. The fourth-order valence-corrected chi connectivity index (χ4v) is 3.74. The van der Waals surface area contributed by atoms with E-state index in [1.807, 2.05) is 6.92 Å². The average Bonchev–Trinajstić information content (AvgIpc) is 2.29. The van der Waals surface area contributed by atoms with Crippen molar-refractivity contribution >= 4 is 26.0 Å². The second-order valence-electron chi connectivity index (χ2n) is 4.33. The molecule has 0 aromatic rings. The third-order valence-corrected chi connectivity index (χ3v) is 5.82. The summed E-state index contributed by atoms with van der Waals surface area (Å²) in [6.45, 7) is 6.74. The first-order chi connectivity index (χ1) is 7.45. The molecule has 3 nitrogen and oxygen atoms in total.